The van der Waals surface area contributed by atoms with Crippen molar-refractivity contribution in [2.45, 2.75) is 65.9 Å². The number of unbranched alkanes of at least 4 members (excludes halogenated alkanes) is 1. The van der Waals surface area contributed by atoms with Gasteiger partial charge in [-0.15, -0.1) is 0 Å². The van der Waals surface area contributed by atoms with Gasteiger partial charge in [0.15, 0.2) is 0 Å². The maximum absolute atomic E-state index is 9.59. The van der Waals surface area contributed by atoms with E-state index in [0.717, 1.165) is 65.3 Å². The second kappa shape index (κ2) is 14.8. The molecule has 6 heteroatoms. The quantitative estimate of drug-likeness (QED) is 0.154. The highest BCUT2D eigenvalue weighted by Gasteiger charge is 2.25. The first-order valence-electron chi connectivity index (χ1n) is 15.6. The number of nitrogens with zero attached hydrogens (tertiary/aromatic N) is 1. The number of likely N-dealkylation sites (tertiary alicyclic amines) is 1. The Morgan fingerprint density at radius 2 is 1.43 bits per heavy atom. The minimum atomic E-state index is -0.219. The zero-order valence-electron chi connectivity index (χ0n) is 26.4. The summed E-state index contributed by atoms with van der Waals surface area (Å²) >= 11 is 0. The van der Waals surface area contributed by atoms with Crippen LogP contribution in [-0.4, -0.2) is 48.0 Å². The van der Waals surface area contributed by atoms with E-state index in [1.54, 1.807) is 7.11 Å². The van der Waals surface area contributed by atoms with Crippen molar-refractivity contribution in [1.29, 1.82) is 0 Å². The fourth-order valence-electron chi connectivity index (χ4n) is 5.91. The predicted octanol–water partition coefficient (Wildman–Crippen LogP) is 6.94. The molecule has 0 amide bonds. The van der Waals surface area contributed by atoms with E-state index < -0.39 is 0 Å². The van der Waals surface area contributed by atoms with E-state index in [4.69, 9.17) is 19.3 Å². The van der Waals surface area contributed by atoms with Gasteiger partial charge in [-0.3, -0.25) is 4.90 Å². The number of aliphatic hydroxyl groups is 2. The average Bonchev–Trinajstić information content (AvgIpc) is 3.01. The van der Waals surface area contributed by atoms with Gasteiger partial charge in [-0.05, 0) is 96.7 Å². The summed E-state index contributed by atoms with van der Waals surface area (Å²) in [5.74, 6) is 2.47. The van der Waals surface area contributed by atoms with Crippen molar-refractivity contribution in [2.24, 2.45) is 0 Å². The number of rotatable bonds is 14. The molecule has 0 spiro atoms. The van der Waals surface area contributed by atoms with Gasteiger partial charge < -0.3 is 24.4 Å². The number of benzene rings is 4. The fraction of sp³-hybridized carbons (Fsp3) is 0.368. The number of hydrogen-bond donors (Lipinski definition) is 2. The highest BCUT2D eigenvalue weighted by Crippen LogP contribution is 2.33. The predicted molar refractivity (Wildman–Crippen MR) is 175 cm³/mol. The third-order valence-corrected chi connectivity index (χ3v) is 8.66. The number of methoxy groups -OCH3 is 1. The lowest BCUT2D eigenvalue weighted by atomic mass is 9.92. The maximum Gasteiger partial charge on any atom is 0.127 e. The monoisotopic (exact) mass is 595 g/mol. The van der Waals surface area contributed by atoms with Gasteiger partial charge >= 0.3 is 0 Å². The van der Waals surface area contributed by atoms with Crippen LogP contribution in [0.4, 0.5) is 0 Å². The SMILES string of the molecule is COc1cc(OCc2cccc(-c3cccc(COc4ccc(CCCCO)cc4C)c3C)c2C)ccc1CN1CC(O)C1. The Balaban J connectivity index is 1.25. The van der Waals surface area contributed by atoms with E-state index in [-0.39, 0.29) is 12.7 Å². The number of β-amino-alcohol motifs (C(OH)–C–C–N with tert-alkyl or cyclic N) is 1. The van der Waals surface area contributed by atoms with Crippen LogP contribution in [0.3, 0.4) is 0 Å². The second-order valence-electron chi connectivity index (χ2n) is 11.9. The summed E-state index contributed by atoms with van der Waals surface area (Å²) in [5.41, 5.74) is 10.6. The van der Waals surface area contributed by atoms with Crippen LogP contribution in [0.25, 0.3) is 11.1 Å². The number of hydrogen-bond acceptors (Lipinski definition) is 6. The molecular formula is C38H45NO5. The maximum atomic E-state index is 9.59. The van der Waals surface area contributed by atoms with Crippen LogP contribution in [0.2, 0.25) is 0 Å². The molecule has 232 valence electrons. The Labute approximate surface area is 261 Å². The zero-order valence-corrected chi connectivity index (χ0v) is 26.4. The molecule has 5 rings (SSSR count). The van der Waals surface area contributed by atoms with Crippen molar-refractivity contribution in [3.05, 3.63) is 112 Å². The normalized spacial score (nSPS) is 13.5. The van der Waals surface area contributed by atoms with Crippen LogP contribution in [0.5, 0.6) is 17.2 Å². The molecule has 4 aromatic rings. The van der Waals surface area contributed by atoms with Crippen LogP contribution >= 0.6 is 0 Å². The lowest BCUT2D eigenvalue weighted by Crippen LogP contribution is -2.49. The second-order valence-corrected chi connectivity index (χ2v) is 11.9. The molecule has 1 heterocycles. The number of aliphatic hydroxyl groups excluding tert-OH is 2. The van der Waals surface area contributed by atoms with Crippen molar-refractivity contribution in [3.63, 3.8) is 0 Å². The summed E-state index contributed by atoms with van der Waals surface area (Å²) in [6.45, 7) is 9.78. The van der Waals surface area contributed by atoms with Crippen LogP contribution in [0.1, 0.15) is 51.8 Å². The minimum Gasteiger partial charge on any atom is -0.496 e. The van der Waals surface area contributed by atoms with E-state index in [2.05, 4.69) is 80.3 Å². The summed E-state index contributed by atoms with van der Waals surface area (Å²) < 4.78 is 18.2. The van der Waals surface area contributed by atoms with Gasteiger partial charge in [-0.25, -0.2) is 0 Å². The first kappa shape index (κ1) is 31.6. The van der Waals surface area contributed by atoms with E-state index in [1.165, 1.54) is 27.8 Å². The van der Waals surface area contributed by atoms with Gasteiger partial charge in [-0.2, -0.15) is 0 Å². The van der Waals surface area contributed by atoms with E-state index >= 15 is 0 Å². The van der Waals surface area contributed by atoms with Gasteiger partial charge in [0.25, 0.3) is 0 Å². The molecule has 0 aliphatic carbocycles. The van der Waals surface area contributed by atoms with Gasteiger partial charge in [0.1, 0.15) is 30.5 Å². The Morgan fingerprint density at radius 1 is 0.750 bits per heavy atom. The van der Waals surface area contributed by atoms with Gasteiger partial charge in [0, 0.05) is 37.9 Å². The molecule has 0 radical (unpaired) electrons. The average molecular weight is 596 g/mol. The van der Waals surface area contributed by atoms with Gasteiger partial charge in [-0.1, -0.05) is 54.6 Å². The van der Waals surface area contributed by atoms with Crippen LogP contribution in [-0.2, 0) is 26.2 Å². The third kappa shape index (κ3) is 7.62. The topological polar surface area (TPSA) is 71.4 Å². The first-order chi connectivity index (χ1) is 21.4. The number of ether oxygens (including phenoxy) is 3. The molecule has 44 heavy (non-hydrogen) atoms. The molecule has 6 nitrogen and oxygen atoms in total. The molecule has 4 aromatic carbocycles. The lowest BCUT2D eigenvalue weighted by molar-refractivity contribution is -0.00323. The van der Waals surface area contributed by atoms with Crippen molar-refractivity contribution in [2.75, 3.05) is 26.8 Å². The smallest absolute Gasteiger partial charge is 0.127 e. The lowest BCUT2D eigenvalue weighted by Gasteiger charge is -2.36. The van der Waals surface area contributed by atoms with Crippen LogP contribution in [0, 0.1) is 20.8 Å². The third-order valence-electron chi connectivity index (χ3n) is 8.66. The summed E-state index contributed by atoms with van der Waals surface area (Å²) in [6, 6.07) is 25.2. The molecular weight excluding hydrogens is 550 g/mol. The molecule has 0 atom stereocenters. The summed E-state index contributed by atoms with van der Waals surface area (Å²) in [7, 11) is 1.68. The van der Waals surface area contributed by atoms with E-state index in [0.29, 0.717) is 26.3 Å². The first-order valence-corrected chi connectivity index (χ1v) is 15.6. The molecule has 0 saturated carbocycles. The molecule has 1 aliphatic rings. The highest BCUT2D eigenvalue weighted by molar-refractivity contribution is 5.72. The molecule has 1 fully saturated rings. The number of aryl methyl sites for hydroxylation is 2. The molecule has 2 N–H and O–H groups in total. The molecule has 0 bridgehead atoms. The Bertz CT molecular complexity index is 1560. The fourth-order valence-corrected chi connectivity index (χ4v) is 5.91. The van der Waals surface area contributed by atoms with Gasteiger partial charge in [0.2, 0.25) is 0 Å². The van der Waals surface area contributed by atoms with Gasteiger partial charge in [0.05, 0.1) is 13.2 Å². The Morgan fingerprint density at radius 3 is 2.05 bits per heavy atom. The Hall–Kier alpha value is -3.84. The molecule has 0 aromatic heterocycles. The Kier molecular flexibility index (Phi) is 10.6. The molecule has 0 unspecified atom stereocenters. The largest absolute Gasteiger partial charge is 0.496 e. The van der Waals surface area contributed by atoms with E-state index in [1.807, 2.05) is 18.2 Å². The standard InChI is InChI=1S/C38H45NO5/c1-26-19-29(9-5-6-18-40)14-17-37(26)44-25-32-11-8-13-36(28(32)3)35-12-7-10-31(27(35)2)24-43-34-16-15-30(38(20-34)42-4)21-39-22-33(41)23-39/h7-8,10-17,19-20,33,40-41H,5-6,9,18,21-25H2,1-4H3. The van der Waals surface area contributed by atoms with Crippen molar-refractivity contribution >= 4 is 0 Å². The minimum absolute atomic E-state index is 0.219. The van der Waals surface area contributed by atoms with E-state index in [9.17, 15) is 5.11 Å². The zero-order chi connectivity index (χ0) is 31.1. The van der Waals surface area contributed by atoms with Crippen LogP contribution < -0.4 is 14.2 Å². The highest BCUT2D eigenvalue weighted by atomic mass is 16.5. The molecule has 1 saturated heterocycles. The summed E-state index contributed by atoms with van der Waals surface area (Å²) in [6.07, 6.45) is 2.57. The van der Waals surface area contributed by atoms with Crippen molar-refractivity contribution in [1.82, 2.24) is 4.90 Å². The summed E-state index contributed by atoms with van der Waals surface area (Å²) in [4.78, 5) is 2.20. The van der Waals surface area contributed by atoms with Crippen molar-refractivity contribution < 1.29 is 24.4 Å². The summed E-state index contributed by atoms with van der Waals surface area (Å²) in [5, 5.41) is 18.6. The van der Waals surface area contributed by atoms with Crippen molar-refractivity contribution in [3.8, 4) is 28.4 Å². The van der Waals surface area contributed by atoms with Crippen LogP contribution in [0.15, 0.2) is 72.8 Å². The molecule has 1 aliphatic heterocycles.